The smallest absolute Gasteiger partial charge is 0.222 e. The predicted molar refractivity (Wildman–Crippen MR) is 71.9 cm³/mol. The quantitative estimate of drug-likeness (QED) is 0.815. The molecule has 6 nitrogen and oxygen atoms in total. The highest BCUT2D eigenvalue weighted by Crippen LogP contribution is 2.24. The van der Waals surface area contributed by atoms with Crippen molar-refractivity contribution in [3.05, 3.63) is 17.0 Å². The van der Waals surface area contributed by atoms with Gasteiger partial charge in [-0.3, -0.25) is 4.79 Å². The second kappa shape index (κ2) is 6.16. The van der Waals surface area contributed by atoms with E-state index in [9.17, 15) is 4.79 Å². The van der Waals surface area contributed by atoms with E-state index in [4.69, 9.17) is 22.1 Å². The summed E-state index contributed by atoms with van der Waals surface area (Å²) in [5, 5.41) is 0.377. The van der Waals surface area contributed by atoms with Crippen molar-refractivity contribution < 1.29 is 9.53 Å². The fourth-order valence-electron chi connectivity index (χ4n) is 2.07. The summed E-state index contributed by atoms with van der Waals surface area (Å²) in [6.45, 7) is 4.16. The fourth-order valence-corrected chi connectivity index (χ4v) is 2.27. The van der Waals surface area contributed by atoms with Crippen LogP contribution < -0.4 is 10.6 Å². The number of hydrogen-bond acceptors (Lipinski definition) is 5. The second-order valence-electron chi connectivity index (χ2n) is 4.44. The highest BCUT2D eigenvalue weighted by Gasteiger charge is 2.27. The molecule has 0 bridgehead atoms. The summed E-state index contributed by atoms with van der Waals surface area (Å²) in [4.78, 5) is 21.7. The van der Waals surface area contributed by atoms with Gasteiger partial charge < -0.3 is 15.4 Å². The van der Waals surface area contributed by atoms with Crippen molar-refractivity contribution in [3.63, 3.8) is 0 Å². The van der Waals surface area contributed by atoms with Gasteiger partial charge in [0.05, 0.1) is 5.92 Å². The predicted octanol–water partition coefficient (Wildman–Crippen LogP) is 0.978. The van der Waals surface area contributed by atoms with Gasteiger partial charge in [0.2, 0.25) is 5.91 Å². The van der Waals surface area contributed by atoms with Crippen LogP contribution in [0.1, 0.15) is 19.2 Å². The number of carbonyl (C=O) groups excluding carboxylic acids is 1. The molecule has 0 spiro atoms. The number of halogens is 1. The second-order valence-corrected chi connectivity index (χ2v) is 4.82. The first kappa shape index (κ1) is 14.0. The minimum atomic E-state index is -0.266. The number of nitrogens with zero attached hydrogens (tertiary/aromatic N) is 3. The molecule has 1 fully saturated rings. The molecule has 2 heterocycles. The van der Waals surface area contributed by atoms with Gasteiger partial charge in [0.25, 0.3) is 0 Å². The monoisotopic (exact) mass is 284 g/mol. The first-order valence-corrected chi connectivity index (χ1v) is 6.63. The summed E-state index contributed by atoms with van der Waals surface area (Å²) >= 11 is 5.98. The SMILES string of the molecule is CCOCc1nc(Cl)cc(N2CCC(C(N)=O)C2)n1. The van der Waals surface area contributed by atoms with Crippen molar-refractivity contribution in [3.8, 4) is 0 Å². The Morgan fingerprint density at radius 3 is 3.05 bits per heavy atom. The average molecular weight is 285 g/mol. The van der Waals surface area contributed by atoms with Crippen molar-refractivity contribution in [1.82, 2.24) is 9.97 Å². The van der Waals surface area contributed by atoms with Crippen molar-refractivity contribution in [2.45, 2.75) is 20.0 Å². The Balaban J connectivity index is 2.11. The van der Waals surface area contributed by atoms with Gasteiger partial charge in [0.15, 0.2) is 5.82 Å². The lowest BCUT2D eigenvalue weighted by Gasteiger charge is -2.17. The lowest BCUT2D eigenvalue weighted by molar-refractivity contribution is -0.121. The summed E-state index contributed by atoms with van der Waals surface area (Å²) in [7, 11) is 0. The maximum absolute atomic E-state index is 11.2. The summed E-state index contributed by atoms with van der Waals surface area (Å²) in [5.41, 5.74) is 5.32. The Labute approximate surface area is 116 Å². The third-order valence-corrected chi connectivity index (χ3v) is 3.27. The number of rotatable bonds is 5. The number of nitrogens with two attached hydrogens (primary N) is 1. The van der Waals surface area contributed by atoms with Crippen LogP contribution in [0.4, 0.5) is 5.82 Å². The van der Waals surface area contributed by atoms with Gasteiger partial charge in [-0.1, -0.05) is 11.6 Å². The van der Waals surface area contributed by atoms with Crippen molar-refractivity contribution in [2.75, 3.05) is 24.6 Å². The third-order valence-electron chi connectivity index (χ3n) is 3.08. The zero-order valence-electron chi connectivity index (χ0n) is 10.8. The molecule has 1 atom stereocenters. The van der Waals surface area contributed by atoms with E-state index in [1.54, 1.807) is 6.07 Å². The van der Waals surface area contributed by atoms with Crippen LogP contribution in [0.3, 0.4) is 0 Å². The highest BCUT2D eigenvalue weighted by atomic mass is 35.5. The van der Waals surface area contributed by atoms with Gasteiger partial charge in [-0.15, -0.1) is 0 Å². The van der Waals surface area contributed by atoms with Gasteiger partial charge in [0.1, 0.15) is 17.6 Å². The topological polar surface area (TPSA) is 81.3 Å². The van der Waals surface area contributed by atoms with Gasteiger partial charge in [-0.25, -0.2) is 9.97 Å². The van der Waals surface area contributed by atoms with Crippen molar-refractivity contribution in [2.24, 2.45) is 11.7 Å². The first-order valence-electron chi connectivity index (χ1n) is 6.25. The van der Waals surface area contributed by atoms with Crippen molar-refractivity contribution in [1.29, 1.82) is 0 Å². The van der Waals surface area contributed by atoms with E-state index in [1.807, 2.05) is 11.8 Å². The van der Waals surface area contributed by atoms with E-state index in [0.29, 0.717) is 30.7 Å². The molecular formula is C12H17ClN4O2. The Morgan fingerprint density at radius 1 is 1.63 bits per heavy atom. The molecule has 0 radical (unpaired) electrons. The summed E-state index contributed by atoms with van der Waals surface area (Å²) in [6.07, 6.45) is 0.748. The third kappa shape index (κ3) is 3.54. The molecule has 19 heavy (non-hydrogen) atoms. The number of ether oxygens (including phenoxy) is 1. The maximum atomic E-state index is 11.2. The maximum Gasteiger partial charge on any atom is 0.222 e. The highest BCUT2D eigenvalue weighted by molar-refractivity contribution is 6.29. The number of primary amides is 1. The van der Waals surface area contributed by atoms with E-state index in [-0.39, 0.29) is 11.8 Å². The number of hydrogen-bond donors (Lipinski definition) is 1. The van der Waals surface area contributed by atoms with E-state index in [1.165, 1.54) is 0 Å². The van der Waals surface area contributed by atoms with E-state index in [2.05, 4.69) is 9.97 Å². The number of carbonyl (C=O) groups is 1. The normalized spacial score (nSPS) is 18.8. The van der Waals surface area contributed by atoms with Gasteiger partial charge >= 0.3 is 0 Å². The van der Waals surface area contributed by atoms with E-state index < -0.39 is 0 Å². The van der Waals surface area contributed by atoms with Crippen LogP contribution in [0.2, 0.25) is 5.15 Å². The van der Waals surface area contributed by atoms with Crippen LogP contribution in [0, 0.1) is 5.92 Å². The molecule has 2 rings (SSSR count). The molecular weight excluding hydrogens is 268 g/mol. The number of aromatic nitrogens is 2. The summed E-state index contributed by atoms with van der Waals surface area (Å²) < 4.78 is 5.28. The van der Waals surface area contributed by atoms with Gasteiger partial charge in [-0.2, -0.15) is 0 Å². The lowest BCUT2D eigenvalue weighted by atomic mass is 10.1. The van der Waals surface area contributed by atoms with Crippen LogP contribution in [0.15, 0.2) is 6.07 Å². The van der Waals surface area contributed by atoms with Crippen LogP contribution >= 0.6 is 11.6 Å². The Bertz CT molecular complexity index is 469. The molecule has 1 aromatic heterocycles. The minimum Gasteiger partial charge on any atom is -0.374 e. The zero-order valence-corrected chi connectivity index (χ0v) is 11.6. The largest absolute Gasteiger partial charge is 0.374 e. The Hall–Kier alpha value is -1.40. The molecule has 1 amide bonds. The molecule has 7 heteroatoms. The molecule has 104 valence electrons. The van der Waals surface area contributed by atoms with Gasteiger partial charge in [-0.05, 0) is 13.3 Å². The molecule has 1 saturated heterocycles. The molecule has 2 N–H and O–H groups in total. The lowest BCUT2D eigenvalue weighted by Crippen LogP contribution is -2.28. The minimum absolute atomic E-state index is 0.121. The van der Waals surface area contributed by atoms with Crippen molar-refractivity contribution >= 4 is 23.3 Å². The van der Waals surface area contributed by atoms with Crippen LogP contribution in [0.5, 0.6) is 0 Å². The first-order chi connectivity index (χ1) is 9.10. The fraction of sp³-hybridized carbons (Fsp3) is 0.583. The van der Waals surface area contributed by atoms with E-state index in [0.717, 1.165) is 18.8 Å². The van der Waals surface area contributed by atoms with Gasteiger partial charge in [0, 0.05) is 25.8 Å². The van der Waals surface area contributed by atoms with Crippen LogP contribution in [0.25, 0.3) is 0 Å². The summed E-state index contributed by atoms with van der Waals surface area (Å²) in [5.74, 6) is 0.881. The molecule has 1 aliphatic heterocycles. The standard InChI is InChI=1S/C12H17ClN4O2/c1-2-19-7-10-15-9(13)5-11(16-10)17-4-3-8(6-17)12(14)18/h5,8H,2-4,6-7H2,1H3,(H2,14,18). The molecule has 0 aromatic carbocycles. The van der Waals surface area contributed by atoms with Crippen LogP contribution in [-0.2, 0) is 16.1 Å². The Morgan fingerprint density at radius 2 is 2.42 bits per heavy atom. The molecule has 0 saturated carbocycles. The molecule has 1 unspecified atom stereocenters. The molecule has 0 aliphatic carbocycles. The molecule has 1 aliphatic rings. The zero-order chi connectivity index (χ0) is 13.8. The average Bonchev–Trinajstić information content (AvgIpc) is 2.85. The number of anilines is 1. The van der Waals surface area contributed by atoms with E-state index >= 15 is 0 Å². The number of amides is 1. The van der Waals surface area contributed by atoms with Crippen LogP contribution in [-0.4, -0.2) is 35.6 Å². The molecule has 1 aromatic rings. The summed E-state index contributed by atoms with van der Waals surface area (Å²) in [6, 6.07) is 1.69. The Kier molecular flexibility index (Phi) is 4.55.